The van der Waals surface area contributed by atoms with Gasteiger partial charge in [-0.3, -0.25) is 0 Å². The Morgan fingerprint density at radius 3 is 2.82 bits per heavy atom. The lowest BCUT2D eigenvalue weighted by molar-refractivity contribution is 0.163. The van der Waals surface area contributed by atoms with Crippen LogP contribution in [0, 0.1) is 0 Å². The van der Waals surface area contributed by atoms with Gasteiger partial charge in [-0.05, 0) is 0 Å². The average Bonchev–Trinajstić information content (AvgIpc) is 2.31. The van der Waals surface area contributed by atoms with Gasteiger partial charge < -0.3 is 11.1 Å². The van der Waals surface area contributed by atoms with E-state index in [-0.39, 0.29) is 5.95 Å². The predicted octanol–water partition coefficient (Wildman–Crippen LogP) is 0.797. The Hall–Kier alpha value is -0.980. The third-order valence-electron chi connectivity index (χ3n) is 0.849. The van der Waals surface area contributed by atoms with Crippen molar-refractivity contribution in [1.82, 2.24) is 9.36 Å². The quantitative estimate of drug-likeness (QED) is 0.722. The summed E-state index contributed by atoms with van der Waals surface area (Å²) in [6.07, 6.45) is -2.39. The van der Waals surface area contributed by atoms with Gasteiger partial charge in [-0.1, -0.05) is 0 Å². The maximum absolute atomic E-state index is 11.6. The highest BCUT2D eigenvalue weighted by molar-refractivity contribution is 7.09. The Bertz CT molecular complexity index is 226. The number of anilines is 2. The maximum Gasteiger partial charge on any atom is 0.255 e. The molecule has 0 saturated carbocycles. The van der Waals surface area contributed by atoms with Crippen LogP contribution in [0.1, 0.15) is 0 Å². The lowest BCUT2D eigenvalue weighted by Crippen LogP contribution is -2.09. The van der Waals surface area contributed by atoms with Crippen molar-refractivity contribution in [1.29, 1.82) is 0 Å². The summed E-state index contributed by atoms with van der Waals surface area (Å²) in [5.74, 6) is 0.103. The SMILES string of the molecule is Nc1nsc(NCC(F)F)n1. The number of hydrogen-bond acceptors (Lipinski definition) is 5. The van der Waals surface area contributed by atoms with Gasteiger partial charge in [-0.2, -0.15) is 9.36 Å². The van der Waals surface area contributed by atoms with Crippen LogP contribution in [0.5, 0.6) is 0 Å². The van der Waals surface area contributed by atoms with Crippen LogP contribution in [0.2, 0.25) is 0 Å². The van der Waals surface area contributed by atoms with E-state index in [0.29, 0.717) is 5.13 Å². The molecular formula is C4H6F2N4S. The highest BCUT2D eigenvalue weighted by atomic mass is 32.1. The number of alkyl halides is 2. The summed E-state index contributed by atoms with van der Waals surface area (Å²) in [5, 5.41) is 2.70. The van der Waals surface area contributed by atoms with Gasteiger partial charge in [-0.15, -0.1) is 0 Å². The van der Waals surface area contributed by atoms with Crippen molar-refractivity contribution in [3.63, 3.8) is 0 Å². The van der Waals surface area contributed by atoms with Crippen molar-refractivity contribution in [2.45, 2.75) is 6.43 Å². The van der Waals surface area contributed by atoms with Crippen molar-refractivity contribution >= 4 is 22.6 Å². The summed E-state index contributed by atoms with van der Waals surface area (Å²) < 4.78 is 26.8. The van der Waals surface area contributed by atoms with Gasteiger partial charge >= 0.3 is 0 Å². The Labute approximate surface area is 65.6 Å². The van der Waals surface area contributed by atoms with Gasteiger partial charge in [0, 0.05) is 11.5 Å². The van der Waals surface area contributed by atoms with Crippen LogP contribution < -0.4 is 11.1 Å². The van der Waals surface area contributed by atoms with Crippen LogP contribution >= 0.6 is 11.5 Å². The van der Waals surface area contributed by atoms with Crippen molar-refractivity contribution in [3.8, 4) is 0 Å². The minimum atomic E-state index is -2.39. The van der Waals surface area contributed by atoms with Gasteiger partial charge in [0.05, 0.1) is 6.54 Å². The van der Waals surface area contributed by atoms with Crippen molar-refractivity contribution in [2.24, 2.45) is 0 Å². The third kappa shape index (κ3) is 2.62. The Balaban J connectivity index is 2.39. The molecule has 0 aliphatic rings. The van der Waals surface area contributed by atoms with E-state index in [2.05, 4.69) is 14.7 Å². The second-order valence-corrected chi connectivity index (χ2v) is 2.48. The highest BCUT2D eigenvalue weighted by Crippen LogP contribution is 2.11. The smallest absolute Gasteiger partial charge is 0.255 e. The Morgan fingerprint density at radius 1 is 1.64 bits per heavy atom. The molecule has 0 unspecified atom stereocenters. The van der Waals surface area contributed by atoms with Crippen LogP contribution in [0.25, 0.3) is 0 Å². The van der Waals surface area contributed by atoms with Crippen molar-refractivity contribution < 1.29 is 8.78 Å². The molecular weight excluding hydrogens is 174 g/mol. The second kappa shape index (κ2) is 3.42. The molecule has 0 aromatic carbocycles. The van der Waals surface area contributed by atoms with Gasteiger partial charge in [0.25, 0.3) is 6.43 Å². The number of hydrogen-bond donors (Lipinski definition) is 2. The van der Waals surface area contributed by atoms with E-state index in [0.717, 1.165) is 11.5 Å². The zero-order valence-electron chi connectivity index (χ0n) is 5.42. The molecule has 4 nitrogen and oxygen atoms in total. The summed E-state index contributed by atoms with van der Waals surface area (Å²) in [5.41, 5.74) is 5.15. The Kier molecular flexibility index (Phi) is 2.53. The molecule has 3 N–H and O–H groups in total. The number of nitrogen functional groups attached to an aromatic ring is 1. The molecule has 0 fully saturated rings. The lowest BCUT2D eigenvalue weighted by Gasteiger charge is -1.97. The first-order chi connectivity index (χ1) is 5.18. The summed E-state index contributed by atoms with van der Waals surface area (Å²) in [4.78, 5) is 3.62. The van der Waals surface area contributed by atoms with E-state index in [9.17, 15) is 8.78 Å². The molecule has 0 radical (unpaired) electrons. The molecule has 7 heteroatoms. The van der Waals surface area contributed by atoms with Crippen molar-refractivity contribution in [3.05, 3.63) is 0 Å². The molecule has 11 heavy (non-hydrogen) atoms. The van der Waals surface area contributed by atoms with E-state index in [1.807, 2.05) is 0 Å². The zero-order valence-corrected chi connectivity index (χ0v) is 6.24. The third-order valence-corrected chi connectivity index (χ3v) is 1.54. The highest BCUT2D eigenvalue weighted by Gasteiger charge is 2.04. The van der Waals surface area contributed by atoms with E-state index >= 15 is 0 Å². The lowest BCUT2D eigenvalue weighted by atomic mass is 10.7. The summed E-state index contributed by atoms with van der Waals surface area (Å²) >= 11 is 0.961. The number of nitrogens with two attached hydrogens (primary N) is 1. The van der Waals surface area contributed by atoms with Crippen LogP contribution in [0.4, 0.5) is 19.9 Å². The first kappa shape index (κ1) is 8.12. The predicted molar refractivity (Wildman–Crippen MR) is 38.8 cm³/mol. The van der Waals surface area contributed by atoms with E-state index in [1.54, 1.807) is 0 Å². The fourth-order valence-electron chi connectivity index (χ4n) is 0.471. The molecule has 1 aromatic rings. The largest absolute Gasteiger partial charge is 0.367 e. The van der Waals surface area contributed by atoms with Crippen molar-refractivity contribution in [2.75, 3.05) is 17.6 Å². The molecule has 62 valence electrons. The molecule has 1 rings (SSSR count). The maximum atomic E-state index is 11.6. The fraction of sp³-hybridized carbons (Fsp3) is 0.500. The number of nitrogens with zero attached hydrogens (tertiary/aromatic N) is 2. The molecule has 0 atom stereocenters. The fourth-order valence-corrected chi connectivity index (χ4v) is 0.974. The van der Waals surface area contributed by atoms with E-state index in [1.165, 1.54) is 0 Å². The van der Waals surface area contributed by atoms with Crippen LogP contribution in [-0.4, -0.2) is 22.3 Å². The van der Waals surface area contributed by atoms with Gasteiger partial charge in [0.15, 0.2) is 0 Å². The van der Waals surface area contributed by atoms with Crippen LogP contribution in [-0.2, 0) is 0 Å². The number of nitrogens with one attached hydrogen (secondary N) is 1. The molecule has 0 saturated heterocycles. The van der Waals surface area contributed by atoms with E-state index in [4.69, 9.17) is 5.73 Å². The molecule has 0 bridgehead atoms. The normalized spacial score (nSPS) is 10.5. The zero-order chi connectivity index (χ0) is 8.27. The minimum absolute atomic E-state index is 0.103. The standard InChI is InChI=1S/C4H6F2N4S/c5-2(6)1-8-4-9-3(7)10-11-4/h2H,1H2,(H3,7,8,9,10). The first-order valence-electron chi connectivity index (χ1n) is 2.79. The molecule has 1 aromatic heterocycles. The number of halogens is 2. The summed E-state index contributed by atoms with van der Waals surface area (Å²) in [7, 11) is 0. The van der Waals surface area contributed by atoms with Crippen LogP contribution in [0.15, 0.2) is 0 Å². The van der Waals surface area contributed by atoms with Gasteiger partial charge in [0.1, 0.15) is 0 Å². The average molecular weight is 180 g/mol. The molecule has 0 spiro atoms. The van der Waals surface area contributed by atoms with Crippen LogP contribution in [0.3, 0.4) is 0 Å². The number of aromatic nitrogens is 2. The molecule has 0 aliphatic carbocycles. The number of rotatable bonds is 3. The molecule has 0 aliphatic heterocycles. The summed E-state index contributed by atoms with van der Waals surface area (Å²) in [6, 6.07) is 0. The van der Waals surface area contributed by atoms with E-state index < -0.39 is 13.0 Å². The van der Waals surface area contributed by atoms with Gasteiger partial charge in [-0.25, -0.2) is 8.78 Å². The second-order valence-electron chi connectivity index (χ2n) is 1.73. The first-order valence-corrected chi connectivity index (χ1v) is 3.57. The Morgan fingerprint density at radius 2 is 2.36 bits per heavy atom. The monoisotopic (exact) mass is 180 g/mol. The van der Waals surface area contributed by atoms with Gasteiger partial charge in [0.2, 0.25) is 11.1 Å². The molecule has 0 amide bonds. The minimum Gasteiger partial charge on any atom is -0.367 e. The molecule has 1 heterocycles. The summed E-state index contributed by atoms with van der Waals surface area (Å²) in [6.45, 7) is -0.422. The topological polar surface area (TPSA) is 63.8 Å².